The van der Waals surface area contributed by atoms with Crippen LogP contribution in [0.4, 0.5) is 0 Å². The maximum absolute atomic E-state index is 9.76. The summed E-state index contributed by atoms with van der Waals surface area (Å²) in [5.41, 5.74) is 4.56. The van der Waals surface area contributed by atoms with Gasteiger partial charge in [-0.2, -0.15) is 0 Å². The molecule has 3 heteroatoms. The first-order chi connectivity index (χ1) is 9.11. The number of phenolic OH excluding ortho intramolecular Hbond substituents is 1. The summed E-state index contributed by atoms with van der Waals surface area (Å²) in [5.74, 6) is 0.412. The van der Waals surface area contributed by atoms with E-state index >= 15 is 0 Å². The van der Waals surface area contributed by atoms with Crippen LogP contribution in [0.3, 0.4) is 0 Å². The third-order valence-electron chi connectivity index (χ3n) is 3.38. The van der Waals surface area contributed by atoms with Crippen molar-refractivity contribution in [3.63, 3.8) is 0 Å². The Morgan fingerprint density at radius 1 is 1.16 bits per heavy atom. The zero-order chi connectivity index (χ0) is 13.8. The SMILES string of the molecule is CCc1ccsc1CNCc1cc(C)c(O)c(C)c1. The van der Waals surface area contributed by atoms with E-state index in [0.717, 1.165) is 30.6 Å². The minimum absolute atomic E-state index is 0.412. The minimum atomic E-state index is 0.412. The zero-order valence-electron chi connectivity index (χ0n) is 11.8. The molecule has 2 N–H and O–H groups in total. The lowest BCUT2D eigenvalue weighted by atomic mass is 10.1. The second-order valence-electron chi connectivity index (χ2n) is 4.90. The molecule has 2 rings (SSSR count). The molecule has 1 heterocycles. The molecule has 0 saturated heterocycles. The molecule has 0 aliphatic heterocycles. The molecule has 0 saturated carbocycles. The van der Waals surface area contributed by atoms with Crippen LogP contribution in [-0.4, -0.2) is 5.11 Å². The highest BCUT2D eigenvalue weighted by atomic mass is 32.1. The standard InChI is InChI=1S/C16H21NOS/c1-4-14-5-6-19-15(14)10-17-9-13-7-11(2)16(18)12(3)8-13/h5-8,17-18H,4,9-10H2,1-3H3. The van der Waals surface area contributed by atoms with Crippen LogP contribution in [-0.2, 0) is 19.5 Å². The van der Waals surface area contributed by atoms with Gasteiger partial charge in [0.25, 0.3) is 0 Å². The van der Waals surface area contributed by atoms with Gasteiger partial charge >= 0.3 is 0 Å². The first-order valence-electron chi connectivity index (χ1n) is 6.67. The molecule has 0 spiro atoms. The number of thiophene rings is 1. The molecule has 0 aliphatic carbocycles. The summed E-state index contributed by atoms with van der Waals surface area (Å²) in [5, 5.41) is 15.4. The van der Waals surface area contributed by atoms with Gasteiger partial charge in [0.15, 0.2) is 0 Å². The molecule has 0 atom stereocenters. The van der Waals surface area contributed by atoms with Crippen LogP contribution in [0.15, 0.2) is 23.6 Å². The Kier molecular flexibility index (Phi) is 4.61. The number of aryl methyl sites for hydroxylation is 3. The smallest absolute Gasteiger partial charge is 0.121 e. The van der Waals surface area contributed by atoms with E-state index in [9.17, 15) is 5.11 Å². The first-order valence-corrected chi connectivity index (χ1v) is 7.54. The highest BCUT2D eigenvalue weighted by molar-refractivity contribution is 7.10. The maximum atomic E-state index is 9.76. The predicted octanol–water partition coefficient (Wildman–Crippen LogP) is 3.92. The Bertz CT molecular complexity index is 537. The molecule has 1 aromatic heterocycles. The van der Waals surface area contributed by atoms with E-state index in [1.807, 2.05) is 37.3 Å². The Morgan fingerprint density at radius 3 is 2.47 bits per heavy atom. The number of nitrogens with one attached hydrogen (secondary N) is 1. The van der Waals surface area contributed by atoms with Crippen molar-refractivity contribution >= 4 is 11.3 Å². The normalized spacial score (nSPS) is 10.9. The monoisotopic (exact) mass is 275 g/mol. The molecule has 102 valence electrons. The van der Waals surface area contributed by atoms with Gasteiger partial charge in [-0.05, 0) is 54.0 Å². The van der Waals surface area contributed by atoms with Crippen LogP contribution in [0, 0.1) is 13.8 Å². The van der Waals surface area contributed by atoms with Gasteiger partial charge in [0, 0.05) is 18.0 Å². The number of rotatable bonds is 5. The van der Waals surface area contributed by atoms with Crippen molar-refractivity contribution in [1.29, 1.82) is 0 Å². The fourth-order valence-corrected chi connectivity index (χ4v) is 3.25. The van der Waals surface area contributed by atoms with Crippen molar-refractivity contribution in [2.75, 3.05) is 0 Å². The summed E-state index contributed by atoms with van der Waals surface area (Å²) in [7, 11) is 0. The lowest BCUT2D eigenvalue weighted by molar-refractivity contribution is 0.466. The molecule has 0 aliphatic rings. The van der Waals surface area contributed by atoms with Crippen LogP contribution in [0.1, 0.15) is 34.1 Å². The number of benzene rings is 1. The second kappa shape index (κ2) is 6.22. The summed E-state index contributed by atoms with van der Waals surface area (Å²) in [4.78, 5) is 1.43. The van der Waals surface area contributed by atoms with Crippen LogP contribution < -0.4 is 5.32 Å². The topological polar surface area (TPSA) is 32.3 Å². The van der Waals surface area contributed by atoms with Gasteiger partial charge in [0.1, 0.15) is 5.75 Å². The third kappa shape index (κ3) is 3.37. The average molecular weight is 275 g/mol. The molecule has 1 aromatic carbocycles. The molecule has 0 amide bonds. The van der Waals surface area contributed by atoms with E-state index in [-0.39, 0.29) is 0 Å². The van der Waals surface area contributed by atoms with Gasteiger partial charge in [-0.1, -0.05) is 19.1 Å². The van der Waals surface area contributed by atoms with Crippen molar-refractivity contribution in [3.05, 3.63) is 50.7 Å². The first kappa shape index (κ1) is 14.1. The Balaban J connectivity index is 1.96. The molecule has 0 bridgehead atoms. The summed E-state index contributed by atoms with van der Waals surface area (Å²) >= 11 is 1.82. The Morgan fingerprint density at radius 2 is 1.84 bits per heavy atom. The molecule has 2 nitrogen and oxygen atoms in total. The van der Waals surface area contributed by atoms with Crippen LogP contribution in [0.5, 0.6) is 5.75 Å². The summed E-state index contributed by atoms with van der Waals surface area (Å²) in [6, 6.07) is 6.30. The Hall–Kier alpha value is -1.32. The second-order valence-corrected chi connectivity index (χ2v) is 5.91. The average Bonchev–Trinajstić information content (AvgIpc) is 2.83. The zero-order valence-corrected chi connectivity index (χ0v) is 12.6. The van der Waals surface area contributed by atoms with Crippen LogP contribution in [0.2, 0.25) is 0 Å². The number of hydrogen-bond acceptors (Lipinski definition) is 3. The molecule has 0 unspecified atom stereocenters. The van der Waals surface area contributed by atoms with Crippen LogP contribution in [0.25, 0.3) is 0 Å². The molecular weight excluding hydrogens is 254 g/mol. The van der Waals surface area contributed by atoms with E-state index in [4.69, 9.17) is 0 Å². The highest BCUT2D eigenvalue weighted by Crippen LogP contribution is 2.23. The summed E-state index contributed by atoms with van der Waals surface area (Å²) in [6.07, 6.45) is 1.10. The summed E-state index contributed by atoms with van der Waals surface area (Å²) < 4.78 is 0. The van der Waals surface area contributed by atoms with Crippen molar-refractivity contribution in [3.8, 4) is 5.75 Å². The van der Waals surface area contributed by atoms with Crippen LogP contribution >= 0.6 is 11.3 Å². The Labute approximate surface area is 119 Å². The van der Waals surface area contributed by atoms with Gasteiger partial charge in [-0.25, -0.2) is 0 Å². The van der Waals surface area contributed by atoms with E-state index in [0.29, 0.717) is 5.75 Å². The lowest BCUT2D eigenvalue weighted by Gasteiger charge is -2.09. The number of phenols is 1. The van der Waals surface area contributed by atoms with E-state index < -0.39 is 0 Å². The number of aromatic hydroxyl groups is 1. The quantitative estimate of drug-likeness (QED) is 0.866. The van der Waals surface area contributed by atoms with Crippen molar-refractivity contribution in [1.82, 2.24) is 5.32 Å². The third-order valence-corrected chi connectivity index (χ3v) is 4.35. The molecule has 0 radical (unpaired) electrons. The van der Waals surface area contributed by atoms with Gasteiger partial charge in [-0.3, -0.25) is 0 Å². The number of hydrogen-bond donors (Lipinski definition) is 2. The molecule has 19 heavy (non-hydrogen) atoms. The molecule has 2 aromatic rings. The molecule has 0 fully saturated rings. The lowest BCUT2D eigenvalue weighted by Crippen LogP contribution is -2.13. The highest BCUT2D eigenvalue weighted by Gasteiger charge is 2.05. The van der Waals surface area contributed by atoms with Crippen molar-refractivity contribution < 1.29 is 5.11 Å². The van der Waals surface area contributed by atoms with Crippen molar-refractivity contribution in [2.24, 2.45) is 0 Å². The van der Waals surface area contributed by atoms with Gasteiger partial charge in [0.2, 0.25) is 0 Å². The van der Waals surface area contributed by atoms with Crippen molar-refractivity contribution in [2.45, 2.75) is 40.3 Å². The van der Waals surface area contributed by atoms with E-state index in [2.05, 4.69) is 23.7 Å². The van der Waals surface area contributed by atoms with Gasteiger partial charge in [0.05, 0.1) is 0 Å². The largest absolute Gasteiger partial charge is 0.507 e. The fraction of sp³-hybridized carbons (Fsp3) is 0.375. The fourth-order valence-electron chi connectivity index (χ4n) is 2.31. The minimum Gasteiger partial charge on any atom is -0.507 e. The summed E-state index contributed by atoms with van der Waals surface area (Å²) in [6.45, 7) is 7.83. The van der Waals surface area contributed by atoms with E-state index in [1.165, 1.54) is 16.0 Å². The molecular formula is C16H21NOS. The van der Waals surface area contributed by atoms with E-state index in [1.54, 1.807) is 0 Å². The maximum Gasteiger partial charge on any atom is 0.121 e. The van der Waals surface area contributed by atoms with Gasteiger partial charge < -0.3 is 10.4 Å². The predicted molar refractivity (Wildman–Crippen MR) is 81.8 cm³/mol. The van der Waals surface area contributed by atoms with Gasteiger partial charge in [-0.15, -0.1) is 11.3 Å².